The summed E-state index contributed by atoms with van der Waals surface area (Å²) in [6, 6.07) is 0. The zero-order valence-corrected chi connectivity index (χ0v) is 10.8. The molecule has 0 aliphatic heterocycles. The number of carbonyl (C=O) groups is 2. The van der Waals surface area contributed by atoms with Gasteiger partial charge in [0.1, 0.15) is 0 Å². The van der Waals surface area contributed by atoms with E-state index in [1.54, 1.807) is 0 Å². The summed E-state index contributed by atoms with van der Waals surface area (Å²) in [6.45, 7) is 7.82. The molecule has 0 bridgehead atoms. The Kier molecular flexibility index (Phi) is 3.05. The highest BCUT2D eigenvalue weighted by molar-refractivity contribution is 6.05. The van der Waals surface area contributed by atoms with Crippen LogP contribution in [0.2, 0.25) is 0 Å². The van der Waals surface area contributed by atoms with Crippen molar-refractivity contribution >= 4 is 11.9 Å². The molecule has 1 saturated carbocycles. The van der Waals surface area contributed by atoms with Crippen LogP contribution < -0.4 is 0 Å². The maximum absolute atomic E-state index is 11.9. The van der Waals surface area contributed by atoms with Crippen molar-refractivity contribution in [2.45, 2.75) is 27.7 Å². The average molecular weight is 228 g/mol. The van der Waals surface area contributed by atoms with Gasteiger partial charge in [-0.2, -0.15) is 0 Å². The van der Waals surface area contributed by atoms with E-state index in [0.717, 1.165) is 0 Å². The largest absolute Gasteiger partial charge is 0.468 e. The smallest absolute Gasteiger partial charge is 0.324 e. The summed E-state index contributed by atoms with van der Waals surface area (Å²) in [5.74, 6) is -0.765. The number of carbonyl (C=O) groups excluding carboxylic acids is 2. The molecule has 0 radical (unpaired) electrons. The zero-order chi connectivity index (χ0) is 12.7. The van der Waals surface area contributed by atoms with Gasteiger partial charge in [-0.3, -0.25) is 9.59 Å². The quantitative estimate of drug-likeness (QED) is 0.544. The number of hydrogen-bond acceptors (Lipinski definition) is 4. The van der Waals surface area contributed by atoms with Crippen molar-refractivity contribution in [2.24, 2.45) is 22.7 Å². The summed E-state index contributed by atoms with van der Waals surface area (Å²) in [5.41, 5.74) is -1.52. The second-order valence-electron chi connectivity index (χ2n) is 5.23. The van der Waals surface area contributed by atoms with E-state index in [1.807, 2.05) is 27.7 Å². The highest BCUT2D eigenvalue weighted by Gasteiger charge is 2.82. The van der Waals surface area contributed by atoms with Gasteiger partial charge in [-0.15, -0.1) is 0 Å². The fourth-order valence-corrected chi connectivity index (χ4v) is 3.32. The number of hydrogen-bond donors (Lipinski definition) is 0. The van der Waals surface area contributed by atoms with Gasteiger partial charge in [0.15, 0.2) is 5.41 Å². The molecular weight excluding hydrogens is 208 g/mol. The fraction of sp³-hybridized carbons (Fsp3) is 0.833. The van der Waals surface area contributed by atoms with Crippen LogP contribution in [0.25, 0.3) is 0 Å². The first kappa shape index (κ1) is 13.0. The summed E-state index contributed by atoms with van der Waals surface area (Å²) in [4.78, 5) is 23.8. The third-order valence-electron chi connectivity index (χ3n) is 3.86. The van der Waals surface area contributed by atoms with Crippen LogP contribution in [0.5, 0.6) is 0 Å². The first-order valence-electron chi connectivity index (χ1n) is 5.45. The molecule has 1 aliphatic carbocycles. The SMILES string of the molecule is COC(=O)C1(C(=O)OC)C(C(C)C)C1(C)C. The second-order valence-corrected chi connectivity index (χ2v) is 5.23. The standard InChI is InChI=1S/C12H20O4/c1-7(2)8-11(3,4)12(8,9(13)15-5)10(14)16-6/h7-8H,1-6H3. The summed E-state index contributed by atoms with van der Waals surface area (Å²) in [6.07, 6.45) is 0. The minimum absolute atomic E-state index is 0.0279. The topological polar surface area (TPSA) is 52.6 Å². The van der Waals surface area contributed by atoms with E-state index in [4.69, 9.17) is 9.47 Å². The van der Waals surface area contributed by atoms with Crippen LogP contribution in [0.4, 0.5) is 0 Å². The molecule has 1 rings (SSSR count). The van der Waals surface area contributed by atoms with Crippen molar-refractivity contribution in [2.75, 3.05) is 14.2 Å². The molecule has 4 heteroatoms. The van der Waals surface area contributed by atoms with Crippen LogP contribution in [0.15, 0.2) is 0 Å². The van der Waals surface area contributed by atoms with Crippen LogP contribution in [-0.4, -0.2) is 26.2 Å². The molecule has 1 unspecified atom stereocenters. The molecule has 0 aromatic heterocycles. The molecule has 0 saturated heterocycles. The first-order chi connectivity index (χ1) is 7.28. The molecule has 0 heterocycles. The molecule has 1 fully saturated rings. The van der Waals surface area contributed by atoms with Crippen molar-refractivity contribution in [3.8, 4) is 0 Å². The van der Waals surface area contributed by atoms with E-state index in [-0.39, 0.29) is 11.8 Å². The Morgan fingerprint density at radius 2 is 1.44 bits per heavy atom. The highest BCUT2D eigenvalue weighted by Crippen LogP contribution is 2.72. The molecule has 1 atom stereocenters. The molecule has 4 nitrogen and oxygen atoms in total. The van der Waals surface area contributed by atoms with E-state index < -0.39 is 22.8 Å². The lowest BCUT2D eigenvalue weighted by atomic mass is 9.95. The summed E-state index contributed by atoms with van der Waals surface area (Å²) in [5, 5.41) is 0. The molecule has 0 N–H and O–H groups in total. The number of rotatable bonds is 3. The van der Waals surface area contributed by atoms with Gasteiger partial charge in [-0.05, 0) is 17.3 Å². The Bertz CT molecular complexity index is 301. The van der Waals surface area contributed by atoms with Crippen molar-refractivity contribution in [3.63, 3.8) is 0 Å². The Hall–Kier alpha value is -1.06. The van der Waals surface area contributed by atoms with Crippen molar-refractivity contribution in [1.29, 1.82) is 0 Å². The van der Waals surface area contributed by atoms with Crippen LogP contribution in [0.1, 0.15) is 27.7 Å². The van der Waals surface area contributed by atoms with Crippen molar-refractivity contribution in [3.05, 3.63) is 0 Å². The number of methoxy groups -OCH3 is 2. The van der Waals surface area contributed by atoms with Crippen LogP contribution >= 0.6 is 0 Å². The van der Waals surface area contributed by atoms with E-state index in [2.05, 4.69) is 0 Å². The monoisotopic (exact) mass is 228 g/mol. The van der Waals surface area contributed by atoms with Gasteiger partial charge in [0, 0.05) is 0 Å². The molecule has 0 spiro atoms. The molecular formula is C12H20O4. The van der Waals surface area contributed by atoms with Gasteiger partial charge in [-0.25, -0.2) is 0 Å². The highest BCUT2D eigenvalue weighted by atomic mass is 16.5. The van der Waals surface area contributed by atoms with Crippen LogP contribution in [-0.2, 0) is 19.1 Å². The predicted molar refractivity (Wildman–Crippen MR) is 58.6 cm³/mol. The lowest BCUT2D eigenvalue weighted by molar-refractivity contribution is -0.164. The van der Waals surface area contributed by atoms with Crippen molar-refractivity contribution in [1.82, 2.24) is 0 Å². The minimum atomic E-state index is -1.12. The molecule has 0 aromatic rings. The molecule has 0 amide bonds. The summed E-state index contributed by atoms with van der Waals surface area (Å²) in [7, 11) is 2.61. The Labute approximate surface area is 96.3 Å². The molecule has 1 aliphatic rings. The third-order valence-corrected chi connectivity index (χ3v) is 3.86. The zero-order valence-electron chi connectivity index (χ0n) is 10.8. The molecule has 92 valence electrons. The van der Waals surface area contributed by atoms with E-state index in [9.17, 15) is 9.59 Å². The lowest BCUT2D eigenvalue weighted by Gasteiger charge is -2.15. The van der Waals surface area contributed by atoms with Gasteiger partial charge in [0.2, 0.25) is 0 Å². The van der Waals surface area contributed by atoms with E-state index >= 15 is 0 Å². The maximum Gasteiger partial charge on any atom is 0.324 e. The predicted octanol–water partition coefficient (Wildman–Crippen LogP) is 1.63. The minimum Gasteiger partial charge on any atom is -0.468 e. The lowest BCUT2D eigenvalue weighted by Crippen LogP contribution is -2.34. The molecule has 16 heavy (non-hydrogen) atoms. The first-order valence-corrected chi connectivity index (χ1v) is 5.45. The number of ether oxygens (including phenoxy) is 2. The van der Waals surface area contributed by atoms with Crippen LogP contribution in [0, 0.1) is 22.7 Å². The Morgan fingerprint density at radius 3 is 1.62 bits per heavy atom. The fourth-order valence-electron chi connectivity index (χ4n) is 3.32. The average Bonchev–Trinajstić information content (AvgIpc) is 2.74. The summed E-state index contributed by atoms with van der Waals surface area (Å²) < 4.78 is 9.55. The Balaban J connectivity index is 3.20. The van der Waals surface area contributed by atoms with Crippen molar-refractivity contribution < 1.29 is 19.1 Å². The Morgan fingerprint density at radius 1 is 1.06 bits per heavy atom. The number of esters is 2. The molecule has 0 aromatic carbocycles. The van der Waals surface area contributed by atoms with E-state index in [1.165, 1.54) is 14.2 Å². The van der Waals surface area contributed by atoms with Gasteiger partial charge >= 0.3 is 11.9 Å². The second kappa shape index (κ2) is 3.75. The van der Waals surface area contributed by atoms with Gasteiger partial charge < -0.3 is 9.47 Å². The van der Waals surface area contributed by atoms with Crippen LogP contribution in [0.3, 0.4) is 0 Å². The maximum atomic E-state index is 11.9. The normalized spacial score (nSPS) is 25.1. The third kappa shape index (κ3) is 1.28. The van der Waals surface area contributed by atoms with Gasteiger partial charge in [0.05, 0.1) is 14.2 Å². The van der Waals surface area contributed by atoms with Gasteiger partial charge in [0.25, 0.3) is 0 Å². The van der Waals surface area contributed by atoms with Gasteiger partial charge in [-0.1, -0.05) is 27.7 Å². The summed E-state index contributed by atoms with van der Waals surface area (Å²) >= 11 is 0. The van der Waals surface area contributed by atoms with E-state index in [0.29, 0.717) is 0 Å².